The lowest BCUT2D eigenvalue weighted by Crippen LogP contribution is -2.09. The van der Waals surface area contributed by atoms with Gasteiger partial charge < -0.3 is 9.67 Å². The Balaban J connectivity index is 3.12. The SMILES string of the molecule is C#CCCn1cc(C(=O)O)c(C(F)(F)F)c1. The molecule has 0 unspecified atom stereocenters. The molecular formula is C10H8F3NO2. The zero-order valence-corrected chi connectivity index (χ0v) is 8.08. The summed E-state index contributed by atoms with van der Waals surface area (Å²) >= 11 is 0. The molecule has 0 saturated heterocycles. The van der Waals surface area contributed by atoms with Gasteiger partial charge in [-0.25, -0.2) is 4.79 Å². The number of alkyl halides is 3. The minimum atomic E-state index is -4.67. The van der Waals surface area contributed by atoms with E-state index in [0.29, 0.717) is 0 Å². The van der Waals surface area contributed by atoms with Crippen molar-refractivity contribution in [3.63, 3.8) is 0 Å². The van der Waals surface area contributed by atoms with Crippen LogP contribution >= 0.6 is 0 Å². The molecule has 0 saturated carbocycles. The molecule has 0 amide bonds. The first-order valence-corrected chi connectivity index (χ1v) is 4.30. The molecule has 1 aromatic heterocycles. The number of hydrogen-bond acceptors (Lipinski definition) is 1. The van der Waals surface area contributed by atoms with Crippen molar-refractivity contribution in [2.24, 2.45) is 0 Å². The molecule has 86 valence electrons. The summed E-state index contributed by atoms with van der Waals surface area (Å²) in [6, 6.07) is 0. The minimum Gasteiger partial charge on any atom is -0.478 e. The lowest BCUT2D eigenvalue weighted by atomic mass is 10.2. The third-order valence-corrected chi connectivity index (χ3v) is 1.93. The van der Waals surface area contributed by atoms with E-state index in [9.17, 15) is 18.0 Å². The summed E-state index contributed by atoms with van der Waals surface area (Å²) in [4.78, 5) is 10.6. The van der Waals surface area contributed by atoms with Crippen LogP contribution in [0.3, 0.4) is 0 Å². The summed E-state index contributed by atoms with van der Waals surface area (Å²) in [6.45, 7) is 0.160. The van der Waals surface area contributed by atoms with Crippen molar-refractivity contribution in [3.05, 3.63) is 23.5 Å². The maximum atomic E-state index is 12.4. The van der Waals surface area contributed by atoms with E-state index in [1.807, 2.05) is 0 Å². The largest absolute Gasteiger partial charge is 0.478 e. The van der Waals surface area contributed by atoms with Crippen LogP contribution in [-0.4, -0.2) is 15.6 Å². The van der Waals surface area contributed by atoms with Crippen molar-refractivity contribution in [1.29, 1.82) is 0 Å². The first kappa shape index (κ1) is 12.2. The number of aryl methyl sites for hydroxylation is 1. The zero-order valence-electron chi connectivity index (χ0n) is 8.08. The Hall–Kier alpha value is -1.90. The van der Waals surface area contributed by atoms with E-state index >= 15 is 0 Å². The first-order chi connectivity index (χ1) is 7.36. The maximum absolute atomic E-state index is 12.4. The number of hydrogen-bond donors (Lipinski definition) is 1. The van der Waals surface area contributed by atoms with Crippen LogP contribution in [0, 0.1) is 12.3 Å². The Labute approximate surface area is 89.5 Å². The second kappa shape index (κ2) is 4.31. The van der Waals surface area contributed by atoms with Crippen molar-refractivity contribution in [3.8, 4) is 12.3 Å². The number of carbonyl (C=O) groups is 1. The molecule has 0 atom stereocenters. The van der Waals surface area contributed by atoms with Gasteiger partial charge in [0.15, 0.2) is 0 Å². The fraction of sp³-hybridized carbons (Fsp3) is 0.300. The van der Waals surface area contributed by atoms with E-state index in [-0.39, 0.29) is 13.0 Å². The predicted octanol–water partition coefficient (Wildman–Crippen LogP) is 2.23. The molecule has 0 aliphatic rings. The molecule has 0 fully saturated rings. The van der Waals surface area contributed by atoms with E-state index in [1.165, 1.54) is 0 Å². The van der Waals surface area contributed by atoms with Gasteiger partial charge in [0.05, 0.1) is 11.1 Å². The molecule has 1 aromatic rings. The van der Waals surface area contributed by atoms with Crippen molar-refractivity contribution in [2.45, 2.75) is 19.1 Å². The number of halogens is 3. The third-order valence-electron chi connectivity index (χ3n) is 1.93. The summed E-state index contributed by atoms with van der Waals surface area (Å²) in [6.07, 6.45) is 2.22. The molecule has 16 heavy (non-hydrogen) atoms. The van der Waals surface area contributed by atoms with Crippen LogP contribution in [0.2, 0.25) is 0 Å². The monoisotopic (exact) mass is 231 g/mol. The van der Waals surface area contributed by atoms with Crippen LogP contribution in [0.4, 0.5) is 13.2 Å². The van der Waals surface area contributed by atoms with Gasteiger partial charge in [-0.1, -0.05) is 0 Å². The molecule has 0 bridgehead atoms. The molecule has 0 spiro atoms. The molecule has 0 radical (unpaired) electrons. The summed E-state index contributed by atoms with van der Waals surface area (Å²) in [5.41, 5.74) is -1.92. The standard InChI is InChI=1S/C10H8F3NO2/c1-2-3-4-14-5-7(9(15)16)8(6-14)10(11,12)13/h1,5-6H,3-4H2,(H,15,16). The number of carboxylic acid groups (broad SMARTS) is 1. The summed E-state index contributed by atoms with van der Waals surface area (Å²) in [7, 11) is 0. The maximum Gasteiger partial charge on any atom is 0.418 e. The average Bonchev–Trinajstić information content (AvgIpc) is 2.58. The van der Waals surface area contributed by atoms with Crippen LogP contribution in [-0.2, 0) is 12.7 Å². The normalized spacial score (nSPS) is 11.1. The molecule has 0 aliphatic heterocycles. The molecule has 1 N–H and O–H groups in total. The molecular weight excluding hydrogens is 223 g/mol. The van der Waals surface area contributed by atoms with Crippen molar-refractivity contribution < 1.29 is 23.1 Å². The molecule has 1 heterocycles. The van der Waals surface area contributed by atoms with Gasteiger partial charge in [0.2, 0.25) is 0 Å². The van der Waals surface area contributed by atoms with Crippen molar-refractivity contribution >= 4 is 5.97 Å². The highest BCUT2D eigenvalue weighted by Gasteiger charge is 2.36. The van der Waals surface area contributed by atoms with E-state index in [4.69, 9.17) is 11.5 Å². The van der Waals surface area contributed by atoms with E-state index in [2.05, 4.69) is 5.92 Å². The van der Waals surface area contributed by atoms with Gasteiger partial charge in [-0.3, -0.25) is 0 Å². The Kier molecular flexibility index (Phi) is 3.28. The fourth-order valence-corrected chi connectivity index (χ4v) is 1.23. The van der Waals surface area contributed by atoms with Crippen molar-refractivity contribution in [2.75, 3.05) is 0 Å². The highest BCUT2D eigenvalue weighted by molar-refractivity contribution is 5.89. The number of rotatable bonds is 3. The smallest absolute Gasteiger partial charge is 0.418 e. The highest BCUT2D eigenvalue weighted by atomic mass is 19.4. The van der Waals surface area contributed by atoms with Gasteiger partial charge in [-0.2, -0.15) is 13.2 Å². The lowest BCUT2D eigenvalue weighted by Gasteiger charge is -2.04. The first-order valence-electron chi connectivity index (χ1n) is 4.30. The van der Waals surface area contributed by atoms with Crippen LogP contribution in [0.1, 0.15) is 22.3 Å². The Morgan fingerprint density at radius 2 is 2.12 bits per heavy atom. The minimum absolute atomic E-state index is 0.160. The van der Waals surface area contributed by atoms with Gasteiger partial charge in [0.25, 0.3) is 0 Å². The van der Waals surface area contributed by atoms with Gasteiger partial charge in [-0.15, -0.1) is 12.3 Å². The number of aromatic nitrogens is 1. The van der Waals surface area contributed by atoms with Crippen molar-refractivity contribution in [1.82, 2.24) is 4.57 Å². The van der Waals surface area contributed by atoms with E-state index < -0.39 is 23.3 Å². The summed E-state index contributed by atoms with van der Waals surface area (Å²) in [5.74, 6) is 0.659. The van der Waals surface area contributed by atoms with E-state index in [0.717, 1.165) is 17.0 Å². The zero-order chi connectivity index (χ0) is 12.3. The van der Waals surface area contributed by atoms with Gasteiger partial charge >= 0.3 is 12.1 Å². The second-order valence-corrected chi connectivity index (χ2v) is 3.08. The Morgan fingerprint density at radius 3 is 2.50 bits per heavy atom. The Bertz CT molecular complexity index is 440. The molecule has 0 aromatic carbocycles. The number of aromatic carboxylic acids is 1. The number of carboxylic acids is 1. The van der Waals surface area contributed by atoms with E-state index in [1.54, 1.807) is 0 Å². The van der Waals surface area contributed by atoms with Crippen LogP contribution in [0.5, 0.6) is 0 Å². The quantitative estimate of drug-likeness (QED) is 0.810. The second-order valence-electron chi connectivity index (χ2n) is 3.08. The highest BCUT2D eigenvalue weighted by Crippen LogP contribution is 2.32. The molecule has 6 heteroatoms. The molecule has 0 aliphatic carbocycles. The van der Waals surface area contributed by atoms with Crippen LogP contribution < -0.4 is 0 Å². The van der Waals surface area contributed by atoms with Gasteiger partial charge in [0.1, 0.15) is 0 Å². The Morgan fingerprint density at radius 1 is 1.50 bits per heavy atom. The lowest BCUT2D eigenvalue weighted by molar-refractivity contribution is -0.138. The molecule has 3 nitrogen and oxygen atoms in total. The predicted molar refractivity (Wildman–Crippen MR) is 49.8 cm³/mol. The van der Waals surface area contributed by atoms with Crippen LogP contribution in [0.15, 0.2) is 12.4 Å². The average molecular weight is 231 g/mol. The van der Waals surface area contributed by atoms with Gasteiger partial charge in [0, 0.05) is 25.4 Å². The number of terminal acetylenes is 1. The fourth-order valence-electron chi connectivity index (χ4n) is 1.23. The summed E-state index contributed by atoms with van der Waals surface area (Å²) in [5, 5.41) is 8.61. The summed E-state index contributed by atoms with van der Waals surface area (Å²) < 4.78 is 38.4. The number of nitrogens with zero attached hydrogens (tertiary/aromatic N) is 1. The topological polar surface area (TPSA) is 42.2 Å². The molecule has 1 rings (SSSR count). The van der Waals surface area contributed by atoms with Gasteiger partial charge in [-0.05, 0) is 0 Å². The third kappa shape index (κ3) is 2.57. The van der Waals surface area contributed by atoms with Crippen LogP contribution in [0.25, 0.3) is 0 Å².